The number of benzene rings is 2. The van der Waals surface area contributed by atoms with Crippen molar-refractivity contribution in [3.63, 3.8) is 0 Å². The van der Waals surface area contributed by atoms with Crippen LogP contribution in [0, 0.1) is 0 Å². The number of allylic oxidation sites excluding steroid dienone is 1. The fourth-order valence-electron chi connectivity index (χ4n) is 1.84. The first-order valence-corrected chi connectivity index (χ1v) is 7.49. The minimum Gasteiger partial charge on any atom is -0.289 e. The number of nitrogens with zero attached hydrogens (tertiary/aromatic N) is 4. The van der Waals surface area contributed by atoms with E-state index in [1.54, 1.807) is 22.2 Å². The number of ketones is 1. The molecule has 1 heterocycles. The number of carbonyl (C=O) groups is 1. The Morgan fingerprint density at radius 2 is 1.68 bits per heavy atom. The third kappa shape index (κ3) is 3.29. The SMILES string of the molecule is O=C(C=CSc1nnnn1-c1ccccc1)c1ccccc1. The quantitative estimate of drug-likeness (QED) is 0.411. The topological polar surface area (TPSA) is 60.7 Å². The van der Waals surface area contributed by atoms with Gasteiger partial charge in [-0.2, -0.15) is 4.68 Å². The fraction of sp³-hybridized carbons (Fsp3) is 0. The second-order valence-corrected chi connectivity index (χ2v) is 5.23. The second-order valence-electron chi connectivity index (χ2n) is 4.36. The highest BCUT2D eigenvalue weighted by atomic mass is 32.2. The van der Waals surface area contributed by atoms with E-state index in [9.17, 15) is 4.79 Å². The van der Waals surface area contributed by atoms with E-state index in [0.29, 0.717) is 10.7 Å². The molecule has 108 valence electrons. The van der Waals surface area contributed by atoms with E-state index in [2.05, 4.69) is 15.5 Å². The molecule has 3 rings (SSSR count). The highest BCUT2D eigenvalue weighted by Crippen LogP contribution is 2.19. The molecular weight excluding hydrogens is 296 g/mol. The van der Waals surface area contributed by atoms with E-state index in [1.165, 1.54) is 17.8 Å². The summed E-state index contributed by atoms with van der Waals surface area (Å²) in [5.41, 5.74) is 1.53. The average molecular weight is 308 g/mol. The fourth-order valence-corrected chi connectivity index (χ4v) is 2.48. The summed E-state index contributed by atoms with van der Waals surface area (Å²) >= 11 is 1.30. The zero-order chi connectivity index (χ0) is 15.2. The van der Waals surface area contributed by atoms with Crippen LogP contribution in [-0.2, 0) is 0 Å². The summed E-state index contributed by atoms with van der Waals surface area (Å²) in [5, 5.41) is 13.9. The van der Waals surface area contributed by atoms with E-state index in [0.717, 1.165) is 5.69 Å². The zero-order valence-electron chi connectivity index (χ0n) is 11.5. The van der Waals surface area contributed by atoms with Crippen LogP contribution < -0.4 is 0 Å². The molecule has 0 spiro atoms. The maximum Gasteiger partial charge on any atom is 0.218 e. The van der Waals surface area contributed by atoms with Gasteiger partial charge in [0.25, 0.3) is 0 Å². The van der Waals surface area contributed by atoms with Crippen molar-refractivity contribution >= 4 is 17.5 Å². The lowest BCUT2D eigenvalue weighted by Crippen LogP contribution is -1.97. The average Bonchev–Trinajstić information content (AvgIpc) is 3.05. The van der Waals surface area contributed by atoms with Crippen molar-refractivity contribution in [1.29, 1.82) is 0 Å². The van der Waals surface area contributed by atoms with Gasteiger partial charge in [-0.3, -0.25) is 4.79 Å². The van der Waals surface area contributed by atoms with E-state index in [-0.39, 0.29) is 5.78 Å². The number of thioether (sulfide) groups is 1. The molecule has 0 fully saturated rings. The normalized spacial score (nSPS) is 10.9. The van der Waals surface area contributed by atoms with Gasteiger partial charge in [-0.05, 0) is 34.0 Å². The minimum atomic E-state index is -0.0492. The van der Waals surface area contributed by atoms with Crippen molar-refractivity contribution < 1.29 is 4.79 Å². The molecule has 0 unspecified atom stereocenters. The molecule has 0 N–H and O–H groups in total. The summed E-state index contributed by atoms with van der Waals surface area (Å²) in [5.74, 6) is -0.0492. The predicted octanol–water partition coefficient (Wildman–Crippen LogP) is 3.15. The molecule has 0 bridgehead atoms. The molecule has 0 saturated heterocycles. The van der Waals surface area contributed by atoms with Crippen LogP contribution in [0.25, 0.3) is 5.69 Å². The van der Waals surface area contributed by atoms with Crippen LogP contribution in [0.3, 0.4) is 0 Å². The smallest absolute Gasteiger partial charge is 0.218 e. The Morgan fingerprint density at radius 3 is 2.41 bits per heavy atom. The van der Waals surface area contributed by atoms with Crippen LogP contribution in [0.2, 0.25) is 0 Å². The maximum absolute atomic E-state index is 12.0. The largest absolute Gasteiger partial charge is 0.289 e. The number of aromatic nitrogens is 4. The molecule has 0 atom stereocenters. The lowest BCUT2D eigenvalue weighted by molar-refractivity contribution is 0.104. The Balaban J connectivity index is 1.72. The number of hydrogen-bond acceptors (Lipinski definition) is 5. The molecule has 1 aromatic heterocycles. The van der Waals surface area contributed by atoms with Gasteiger partial charge in [0.05, 0.1) is 5.69 Å². The summed E-state index contributed by atoms with van der Waals surface area (Å²) in [6.45, 7) is 0. The van der Waals surface area contributed by atoms with Gasteiger partial charge in [-0.25, -0.2) is 0 Å². The molecule has 3 aromatic rings. The summed E-state index contributed by atoms with van der Waals surface area (Å²) in [7, 11) is 0. The van der Waals surface area contributed by atoms with Gasteiger partial charge >= 0.3 is 0 Å². The van der Waals surface area contributed by atoms with Gasteiger partial charge in [0, 0.05) is 5.56 Å². The summed E-state index contributed by atoms with van der Waals surface area (Å²) < 4.78 is 1.63. The number of tetrazole rings is 1. The van der Waals surface area contributed by atoms with Gasteiger partial charge in [0.2, 0.25) is 5.16 Å². The van der Waals surface area contributed by atoms with Gasteiger partial charge in [-0.1, -0.05) is 60.3 Å². The van der Waals surface area contributed by atoms with Crippen molar-refractivity contribution in [2.45, 2.75) is 5.16 Å². The lowest BCUT2D eigenvalue weighted by atomic mass is 10.1. The second kappa shape index (κ2) is 6.82. The maximum atomic E-state index is 12.0. The number of rotatable bonds is 5. The molecule has 0 radical (unpaired) electrons. The Hall–Kier alpha value is -2.73. The van der Waals surface area contributed by atoms with E-state index in [4.69, 9.17) is 0 Å². The third-order valence-corrected chi connectivity index (χ3v) is 3.63. The molecule has 2 aromatic carbocycles. The first-order chi connectivity index (χ1) is 10.8. The van der Waals surface area contributed by atoms with Crippen LogP contribution in [0.1, 0.15) is 10.4 Å². The van der Waals surface area contributed by atoms with E-state index < -0.39 is 0 Å². The monoisotopic (exact) mass is 308 g/mol. The Kier molecular flexibility index (Phi) is 4.41. The molecule has 22 heavy (non-hydrogen) atoms. The van der Waals surface area contributed by atoms with Crippen LogP contribution in [-0.4, -0.2) is 26.0 Å². The third-order valence-electron chi connectivity index (χ3n) is 2.89. The van der Waals surface area contributed by atoms with Crippen molar-refractivity contribution in [2.75, 3.05) is 0 Å². The summed E-state index contributed by atoms with van der Waals surface area (Å²) in [6.07, 6.45) is 1.52. The first-order valence-electron chi connectivity index (χ1n) is 6.61. The van der Waals surface area contributed by atoms with Crippen molar-refractivity contribution in [2.24, 2.45) is 0 Å². The highest BCUT2D eigenvalue weighted by molar-refractivity contribution is 8.02. The van der Waals surface area contributed by atoms with Gasteiger partial charge in [0.1, 0.15) is 0 Å². The first kappa shape index (κ1) is 14.2. The molecule has 0 aliphatic heterocycles. The lowest BCUT2D eigenvalue weighted by Gasteiger charge is -2.01. The highest BCUT2D eigenvalue weighted by Gasteiger charge is 2.07. The number of carbonyl (C=O) groups excluding carboxylic acids is 1. The van der Waals surface area contributed by atoms with Gasteiger partial charge in [0.15, 0.2) is 5.78 Å². The zero-order valence-corrected chi connectivity index (χ0v) is 12.4. The van der Waals surface area contributed by atoms with Crippen LogP contribution in [0.5, 0.6) is 0 Å². The molecule has 6 heteroatoms. The van der Waals surface area contributed by atoms with Crippen LogP contribution in [0.4, 0.5) is 0 Å². The Bertz CT molecular complexity index is 784. The van der Waals surface area contributed by atoms with Crippen molar-refractivity contribution in [1.82, 2.24) is 20.2 Å². The van der Waals surface area contributed by atoms with E-state index in [1.807, 2.05) is 48.5 Å². The molecule has 0 amide bonds. The Labute approximate surface area is 131 Å². The summed E-state index contributed by atoms with van der Waals surface area (Å²) in [4.78, 5) is 12.0. The van der Waals surface area contributed by atoms with Crippen LogP contribution >= 0.6 is 11.8 Å². The van der Waals surface area contributed by atoms with Crippen molar-refractivity contribution in [3.05, 3.63) is 77.7 Å². The van der Waals surface area contributed by atoms with Gasteiger partial charge < -0.3 is 0 Å². The Morgan fingerprint density at radius 1 is 1.00 bits per heavy atom. The van der Waals surface area contributed by atoms with Crippen LogP contribution in [0.15, 0.2) is 77.3 Å². The molecule has 0 aliphatic carbocycles. The molecule has 0 saturated carbocycles. The standard InChI is InChI=1S/C16H12N4OS/c21-15(13-7-3-1-4-8-13)11-12-22-16-17-18-19-20(16)14-9-5-2-6-10-14/h1-12H. The molecule has 0 aliphatic rings. The van der Waals surface area contributed by atoms with E-state index >= 15 is 0 Å². The van der Waals surface area contributed by atoms with Gasteiger partial charge in [-0.15, -0.1) is 5.10 Å². The minimum absolute atomic E-state index is 0.0492. The summed E-state index contributed by atoms with van der Waals surface area (Å²) in [6, 6.07) is 18.7. The number of hydrogen-bond donors (Lipinski definition) is 0. The molecular formula is C16H12N4OS. The predicted molar refractivity (Wildman–Crippen MR) is 84.9 cm³/mol. The number of para-hydroxylation sites is 1. The van der Waals surface area contributed by atoms with Crippen molar-refractivity contribution in [3.8, 4) is 5.69 Å². The molecule has 5 nitrogen and oxygen atoms in total.